The smallest absolute Gasteiger partial charge is 0.0414 e. The van der Waals surface area contributed by atoms with Crippen LogP contribution in [0.1, 0.15) is 58.9 Å². The number of hydrogen-bond donors (Lipinski definition) is 1. The summed E-state index contributed by atoms with van der Waals surface area (Å²) in [5, 5.41) is 3.53. The Morgan fingerprint density at radius 1 is 1.05 bits per heavy atom. The zero-order chi connectivity index (χ0) is 14.8. The third-order valence-electron chi connectivity index (χ3n) is 3.67. The minimum Gasteiger partial charge on any atom is -0.369 e. The van der Waals surface area contributed by atoms with E-state index in [0.29, 0.717) is 6.04 Å². The second kappa shape index (κ2) is 9.82. The average Bonchev–Trinajstić information content (AvgIpc) is 2.44. The summed E-state index contributed by atoms with van der Waals surface area (Å²) in [6.07, 6.45) is 5.07. The summed E-state index contributed by atoms with van der Waals surface area (Å²) in [5.41, 5.74) is 2.83. The molecule has 0 saturated carbocycles. The van der Waals surface area contributed by atoms with E-state index in [1.165, 1.54) is 36.9 Å². The van der Waals surface area contributed by atoms with Crippen molar-refractivity contribution in [3.63, 3.8) is 0 Å². The Labute approximate surface area is 125 Å². The topological polar surface area (TPSA) is 15.3 Å². The molecule has 0 unspecified atom stereocenters. The Morgan fingerprint density at radius 3 is 2.45 bits per heavy atom. The predicted molar refractivity (Wildman–Crippen MR) is 90.4 cm³/mol. The minimum absolute atomic E-state index is 0.555. The minimum atomic E-state index is 0.555. The molecule has 0 bridgehead atoms. The van der Waals surface area contributed by atoms with Gasteiger partial charge in [0.15, 0.2) is 0 Å². The molecule has 1 aromatic carbocycles. The molecule has 0 amide bonds. The van der Waals surface area contributed by atoms with E-state index in [1.54, 1.807) is 0 Å². The number of unbranched alkanes of at least 4 members (excludes halogenated alkanes) is 2. The highest BCUT2D eigenvalue weighted by Crippen LogP contribution is 2.23. The summed E-state index contributed by atoms with van der Waals surface area (Å²) in [6.45, 7) is 12.3. The number of anilines is 1. The predicted octanol–water partition coefficient (Wildman–Crippen LogP) is 4.59. The lowest BCUT2D eigenvalue weighted by Gasteiger charge is -2.31. The molecular weight excluding hydrogens is 244 g/mol. The van der Waals surface area contributed by atoms with Gasteiger partial charge in [-0.05, 0) is 44.9 Å². The van der Waals surface area contributed by atoms with Gasteiger partial charge in [-0.15, -0.1) is 0 Å². The van der Waals surface area contributed by atoms with Gasteiger partial charge >= 0.3 is 0 Å². The average molecular weight is 276 g/mol. The van der Waals surface area contributed by atoms with Crippen molar-refractivity contribution in [2.45, 2.75) is 66.0 Å². The first-order valence-electron chi connectivity index (χ1n) is 8.25. The molecule has 0 saturated heterocycles. The van der Waals surface area contributed by atoms with Crippen LogP contribution in [0.5, 0.6) is 0 Å². The highest BCUT2D eigenvalue weighted by atomic mass is 15.2. The van der Waals surface area contributed by atoms with E-state index in [9.17, 15) is 0 Å². The molecule has 0 aliphatic rings. The number of para-hydroxylation sites is 1. The molecule has 2 nitrogen and oxygen atoms in total. The van der Waals surface area contributed by atoms with E-state index in [2.05, 4.69) is 62.2 Å². The second-order valence-electron chi connectivity index (χ2n) is 5.80. The molecule has 0 aliphatic heterocycles. The molecule has 0 radical (unpaired) electrons. The van der Waals surface area contributed by atoms with Gasteiger partial charge in [-0.25, -0.2) is 0 Å². The molecule has 0 fully saturated rings. The van der Waals surface area contributed by atoms with Gasteiger partial charge in [0.1, 0.15) is 0 Å². The fraction of sp³-hybridized carbons (Fsp3) is 0.667. The van der Waals surface area contributed by atoms with Gasteiger partial charge in [0.2, 0.25) is 0 Å². The van der Waals surface area contributed by atoms with Crippen molar-refractivity contribution >= 4 is 5.69 Å². The fourth-order valence-electron chi connectivity index (χ4n) is 2.53. The number of benzene rings is 1. The highest BCUT2D eigenvalue weighted by Gasteiger charge is 2.13. The summed E-state index contributed by atoms with van der Waals surface area (Å²) >= 11 is 0. The van der Waals surface area contributed by atoms with Gasteiger partial charge in [-0.3, -0.25) is 0 Å². The Balaban J connectivity index is 2.77. The molecule has 0 aromatic heterocycles. The summed E-state index contributed by atoms with van der Waals surface area (Å²) < 4.78 is 0. The lowest BCUT2D eigenvalue weighted by Crippen LogP contribution is -2.33. The van der Waals surface area contributed by atoms with Gasteiger partial charge in [0.25, 0.3) is 0 Å². The van der Waals surface area contributed by atoms with E-state index in [0.717, 1.165) is 19.6 Å². The SMILES string of the molecule is CCCCCN(c1ccccc1CNCCC)C(C)C. The van der Waals surface area contributed by atoms with Gasteiger partial charge in [-0.1, -0.05) is 44.9 Å². The van der Waals surface area contributed by atoms with E-state index in [4.69, 9.17) is 0 Å². The van der Waals surface area contributed by atoms with Crippen LogP contribution in [0.3, 0.4) is 0 Å². The maximum absolute atomic E-state index is 3.53. The van der Waals surface area contributed by atoms with Crippen molar-refractivity contribution in [3.8, 4) is 0 Å². The molecule has 0 atom stereocenters. The van der Waals surface area contributed by atoms with Crippen molar-refractivity contribution in [1.82, 2.24) is 5.32 Å². The van der Waals surface area contributed by atoms with Crippen molar-refractivity contribution in [2.75, 3.05) is 18.0 Å². The summed E-state index contributed by atoms with van der Waals surface area (Å²) in [6, 6.07) is 9.40. The van der Waals surface area contributed by atoms with Gasteiger partial charge in [0, 0.05) is 24.8 Å². The molecule has 1 N–H and O–H groups in total. The van der Waals surface area contributed by atoms with E-state index in [-0.39, 0.29) is 0 Å². The molecule has 20 heavy (non-hydrogen) atoms. The lowest BCUT2D eigenvalue weighted by atomic mass is 10.1. The van der Waals surface area contributed by atoms with Crippen molar-refractivity contribution in [1.29, 1.82) is 0 Å². The Bertz CT molecular complexity index is 360. The zero-order valence-corrected chi connectivity index (χ0v) is 13.8. The van der Waals surface area contributed by atoms with Crippen LogP contribution in [0.25, 0.3) is 0 Å². The number of nitrogens with zero attached hydrogens (tertiary/aromatic N) is 1. The molecule has 0 heterocycles. The Morgan fingerprint density at radius 2 is 1.80 bits per heavy atom. The third-order valence-corrected chi connectivity index (χ3v) is 3.67. The normalized spacial score (nSPS) is 11.1. The van der Waals surface area contributed by atoms with Crippen molar-refractivity contribution in [2.24, 2.45) is 0 Å². The summed E-state index contributed by atoms with van der Waals surface area (Å²) in [4.78, 5) is 2.55. The first-order chi connectivity index (χ1) is 9.70. The first-order valence-corrected chi connectivity index (χ1v) is 8.25. The highest BCUT2D eigenvalue weighted by molar-refractivity contribution is 5.54. The quantitative estimate of drug-likeness (QED) is 0.629. The Kier molecular flexibility index (Phi) is 8.36. The van der Waals surface area contributed by atoms with Gasteiger partial charge in [0.05, 0.1) is 0 Å². The molecule has 0 aliphatic carbocycles. The molecule has 1 rings (SSSR count). The van der Waals surface area contributed by atoms with Crippen LogP contribution in [0, 0.1) is 0 Å². The van der Waals surface area contributed by atoms with Crippen molar-refractivity contribution in [3.05, 3.63) is 29.8 Å². The van der Waals surface area contributed by atoms with Gasteiger partial charge < -0.3 is 10.2 Å². The van der Waals surface area contributed by atoms with Crippen molar-refractivity contribution < 1.29 is 0 Å². The van der Waals surface area contributed by atoms with E-state index < -0.39 is 0 Å². The summed E-state index contributed by atoms with van der Waals surface area (Å²) in [5.74, 6) is 0. The fourth-order valence-corrected chi connectivity index (χ4v) is 2.53. The van der Waals surface area contributed by atoms with Crippen LogP contribution in [0.2, 0.25) is 0 Å². The number of nitrogens with one attached hydrogen (secondary N) is 1. The van der Waals surface area contributed by atoms with Gasteiger partial charge in [-0.2, -0.15) is 0 Å². The molecule has 114 valence electrons. The molecule has 1 aromatic rings. The number of hydrogen-bond acceptors (Lipinski definition) is 2. The monoisotopic (exact) mass is 276 g/mol. The maximum Gasteiger partial charge on any atom is 0.0414 e. The first kappa shape index (κ1) is 17.0. The van der Waals surface area contributed by atoms with E-state index in [1.807, 2.05) is 0 Å². The zero-order valence-electron chi connectivity index (χ0n) is 13.8. The maximum atomic E-state index is 3.53. The third kappa shape index (κ3) is 5.54. The molecule has 0 spiro atoms. The largest absolute Gasteiger partial charge is 0.369 e. The van der Waals surface area contributed by atoms with Crippen LogP contribution in [0.4, 0.5) is 5.69 Å². The lowest BCUT2D eigenvalue weighted by molar-refractivity contribution is 0.618. The van der Waals surface area contributed by atoms with Crippen LogP contribution in [0.15, 0.2) is 24.3 Å². The van der Waals surface area contributed by atoms with Crippen LogP contribution < -0.4 is 10.2 Å². The molecule has 2 heteroatoms. The van der Waals surface area contributed by atoms with Crippen LogP contribution in [-0.2, 0) is 6.54 Å². The standard InChI is InChI=1S/C18H32N2/c1-5-7-10-14-20(16(3)4)18-12-9-8-11-17(18)15-19-13-6-2/h8-9,11-12,16,19H,5-7,10,13-15H2,1-4H3. The van der Waals surface area contributed by atoms with Crippen LogP contribution in [-0.4, -0.2) is 19.1 Å². The Hall–Kier alpha value is -1.02. The van der Waals surface area contributed by atoms with Crippen LogP contribution >= 0.6 is 0 Å². The van der Waals surface area contributed by atoms with E-state index >= 15 is 0 Å². The summed E-state index contributed by atoms with van der Waals surface area (Å²) in [7, 11) is 0. The molecular formula is C18H32N2. The number of rotatable bonds is 10. The second-order valence-corrected chi connectivity index (χ2v) is 5.80.